The van der Waals surface area contributed by atoms with Crippen LogP contribution in [-0.2, 0) is 0 Å². The molecule has 0 bridgehead atoms. The summed E-state index contributed by atoms with van der Waals surface area (Å²) < 4.78 is 0. The number of allylic oxidation sites excluding steroid dienone is 1. The lowest BCUT2D eigenvalue weighted by Crippen LogP contribution is -2.34. The first-order chi connectivity index (χ1) is 5.75. The van der Waals surface area contributed by atoms with Gasteiger partial charge in [0.1, 0.15) is 0 Å². The summed E-state index contributed by atoms with van der Waals surface area (Å²) in [5.74, 6) is 0.292. The summed E-state index contributed by atoms with van der Waals surface area (Å²) in [5, 5.41) is 9.68. The lowest BCUT2D eigenvalue weighted by atomic mass is 9.72. The Kier molecular flexibility index (Phi) is 4.47. The zero-order valence-corrected chi connectivity index (χ0v) is 9.86. The standard InChI is InChI=1S/C11H21ClO/c1-6-10(2,3)8-11(4,5)9(13)7-12/h6,9,13H,1,7-8H2,2-5H3. The maximum atomic E-state index is 9.68. The minimum Gasteiger partial charge on any atom is -0.391 e. The van der Waals surface area contributed by atoms with Crippen molar-refractivity contribution in [1.29, 1.82) is 0 Å². The molecule has 1 unspecified atom stereocenters. The number of hydrogen-bond acceptors (Lipinski definition) is 1. The summed E-state index contributed by atoms with van der Waals surface area (Å²) in [6, 6.07) is 0. The molecule has 0 aromatic heterocycles. The fraction of sp³-hybridized carbons (Fsp3) is 0.818. The van der Waals surface area contributed by atoms with Gasteiger partial charge in [-0.2, -0.15) is 0 Å². The van der Waals surface area contributed by atoms with Crippen molar-refractivity contribution in [2.24, 2.45) is 10.8 Å². The van der Waals surface area contributed by atoms with E-state index in [2.05, 4.69) is 20.4 Å². The smallest absolute Gasteiger partial charge is 0.0726 e. The molecule has 0 rings (SSSR count). The quantitative estimate of drug-likeness (QED) is 0.539. The monoisotopic (exact) mass is 204 g/mol. The summed E-state index contributed by atoms with van der Waals surface area (Å²) in [6.07, 6.45) is 2.36. The van der Waals surface area contributed by atoms with Crippen molar-refractivity contribution in [3.05, 3.63) is 12.7 Å². The normalized spacial score (nSPS) is 15.5. The third-order valence-corrected chi connectivity index (χ3v) is 2.80. The Balaban J connectivity index is 4.40. The third-order valence-electron chi connectivity index (χ3n) is 2.51. The molecule has 0 spiro atoms. The summed E-state index contributed by atoms with van der Waals surface area (Å²) >= 11 is 5.63. The van der Waals surface area contributed by atoms with Crippen LogP contribution in [0.3, 0.4) is 0 Å². The maximum absolute atomic E-state index is 9.68. The fourth-order valence-corrected chi connectivity index (χ4v) is 1.99. The SMILES string of the molecule is C=CC(C)(C)CC(C)(C)C(O)CCl. The molecule has 0 fully saturated rings. The van der Waals surface area contributed by atoms with Crippen LogP contribution in [0, 0.1) is 10.8 Å². The Morgan fingerprint density at radius 3 is 2.15 bits per heavy atom. The second kappa shape index (κ2) is 4.47. The Labute approximate surface area is 86.8 Å². The molecule has 0 amide bonds. The first-order valence-electron chi connectivity index (χ1n) is 4.63. The van der Waals surface area contributed by atoms with Gasteiger partial charge in [0.25, 0.3) is 0 Å². The van der Waals surface area contributed by atoms with Gasteiger partial charge in [-0.05, 0) is 17.3 Å². The molecule has 0 aromatic rings. The van der Waals surface area contributed by atoms with Crippen molar-refractivity contribution in [2.75, 3.05) is 5.88 Å². The Morgan fingerprint density at radius 1 is 1.38 bits per heavy atom. The Hall–Kier alpha value is -0.0100. The van der Waals surface area contributed by atoms with Crippen LogP contribution in [-0.4, -0.2) is 17.1 Å². The number of hydrogen-bond donors (Lipinski definition) is 1. The predicted octanol–water partition coefficient (Wildman–Crippen LogP) is 3.21. The predicted molar refractivity (Wildman–Crippen MR) is 59.1 cm³/mol. The minimum absolute atomic E-state index is 0.0521. The van der Waals surface area contributed by atoms with Crippen LogP contribution in [0.1, 0.15) is 34.1 Å². The molecule has 2 heteroatoms. The second-order valence-electron chi connectivity index (χ2n) is 5.03. The average molecular weight is 205 g/mol. The number of alkyl halides is 1. The number of aliphatic hydroxyl groups is 1. The molecule has 0 aliphatic carbocycles. The van der Waals surface area contributed by atoms with Gasteiger partial charge in [0, 0.05) is 5.88 Å². The molecule has 0 aliphatic rings. The molecule has 0 heterocycles. The highest BCUT2D eigenvalue weighted by atomic mass is 35.5. The lowest BCUT2D eigenvalue weighted by molar-refractivity contribution is 0.0426. The van der Waals surface area contributed by atoms with Gasteiger partial charge < -0.3 is 5.11 Å². The minimum atomic E-state index is -0.451. The third kappa shape index (κ3) is 4.15. The highest BCUT2D eigenvalue weighted by molar-refractivity contribution is 6.18. The largest absolute Gasteiger partial charge is 0.391 e. The van der Waals surface area contributed by atoms with Crippen LogP contribution in [0.15, 0.2) is 12.7 Å². The van der Waals surface area contributed by atoms with Crippen LogP contribution in [0.25, 0.3) is 0 Å². The van der Waals surface area contributed by atoms with E-state index in [1.807, 2.05) is 19.9 Å². The molecule has 13 heavy (non-hydrogen) atoms. The van der Waals surface area contributed by atoms with Gasteiger partial charge in [-0.3, -0.25) is 0 Å². The van der Waals surface area contributed by atoms with Gasteiger partial charge in [-0.15, -0.1) is 18.2 Å². The first-order valence-corrected chi connectivity index (χ1v) is 5.16. The van der Waals surface area contributed by atoms with E-state index in [9.17, 15) is 5.11 Å². The van der Waals surface area contributed by atoms with E-state index >= 15 is 0 Å². The molecule has 0 aromatic carbocycles. The van der Waals surface area contributed by atoms with Crippen molar-refractivity contribution < 1.29 is 5.11 Å². The average Bonchev–Trinajstić information content (AvgIpc) is 2.01. The van der Waals surface area contributed by atoms with E-state index in [1.165, 1.54) is 0 Å². The van der Waals surface area contributed by atoms with Crippen LogP contribution in [0.2, 0.25) is 0 Å². The number of aliphatic hydroxyl groups excluding tert-OH is 1. The van der Waals surface area contributed by atoms with Crippen molar-refractivity contribution in [1.82, 2.24) is 0 Å². The van der Waals surface area contributed by atoms with Gasteiger partial charge in [-0.25, -0.2) is 0 Å². The van der Waals surface area contributed by atoms with E-state index in [4.69, 9.17) is 11.6 Å². The highest BCUT2D eigenvalue weighted by Crippen LogP contribution is 2.37. The van der Waals surface area contributed by atoms with Crippen LogP contribution in [0.5, 0.6) is 0 Å². The van der Waals surface area contributed by atoms with Crippen LogP contribution < -0.4 is 0 Å². The van der Waals surface area contributed by atoms with E-state index < -0.39 is 6.10 Å². The van der Waals surface area contributed by atoms with Crippen molar-refractivity contribution in [2.45, 2.75) is 40.2 Å². The topological polar surface area (TPSA) is 20.2 Å². The summed E-state index contributed by atoms with van der Waals surface area (Å²) in [6.45, 7) is 12.1. The van der Waals surface area contributed by atoms with Crippen molar-refractivity contribution >= 4 is 11.6 Å². The van der Waals surface area contributed by atoms with Gasteiger partial charge in [0.2, 0.25) is 0 Å². The molecule has 0 saturated heterocycles. The Morgan fingerprint density at radius 2 is 1.85 bits per heavy atom. The second-order valence-corrected chi connectivity index (χ2v) is 5.34. The molecule has 1 nitrogen and oxygen atoms in total. The summed E-state index contributed by atoms with van der Waals surface area (Å²) in [5.41, 5.74) is -0.101. The highest BCUT2D eigenvalue weighted by Gasteiger charge is 2.32. The maximum Gasteiger partial charge on any atom is 0.0726 e. The van der Waals surface area contributed by atoms with Crippen molar-refractivity contribution in [3.63, 3.8) is 0 Å². The molecule has 1 atom stereocenters. The van der Waals surface area contributed by atoms with Gasteiger partial charge in [0.15, 0.2) is 0 Å². The summed E-state index contributed by atoms with van der Waals surface area (Å²) in [7, 11) is 0. The molecule has 0 saturated carbocycles. The Bertz CT molecular complexity index is 173. The van der Waals surface area contributed by atoms with E-state index in [0.717, 1.165) is 6.42 Å². The van der Waals surface area contributed by atoms with Crippen molar-refractivity contribution in [3.8, 4) is 0 Å². The number of halogens is 1. The van der Waals surface area contributed by atoms with Gasteiger partial charge >= 0.3 is 0 Å². The fourth-order valence-electron chi connectivity index (χ4n) is 1.57. The zero-order valence-electron chi connectivity index (χ0n) is 9.10. The van der Waals surface area contributed by atoms with Crippen LogP contribution in [0.4, 0.5) is 0 Å². The molecule has 78 valence electrons. The molecule has 1 N–H and O–H groups in total. The first kappa shape index (κ1) is 13.0. The number of rotatable bonds is 5. The molecular weight excluding hydrogens is 184 g/mol. The van der Waals surface area contributed by atoms with E-state index in [-0.39, 0.29) is 10.8 Å². The van der Waals surface area contributed by atoms with Gasteiger partial charge in [0.05, 0.1) is 6.10 Å². The summed E-state index contributed by atoms with van der Waals surface area (Å²) in [4.78, 5) is 0. The molecule has 0 aliphatic heterocycles. The molecular formula is C11H21ClO. The van der Waals surface area contributed by atoms with Crippen LogP contribution >= 0.6 is 11.6 Å². The zero-order chi connectivity index (χ0) is 10.7. The van der Waals surface area contributed by atoms with Gasteiger partial charge in [-0.1, -0.05) is 33.8 Å². The van der Waals surface area contributed by atoms with E-state index in [1.54, 1.807) is 0 Å². The van der Waals surface area contributed by atoms with E-state index in [0.29, 0.717) is 5.88 Å². The molecule has 0 radical (unpaired) electrons. The lowest BCUT2D eigenvalue weighted by Gasteiger charge is -2.35.